The molecular formula is C16H13N3O4S. The van der Waals surface area contributed by atoms with Gasteiger partial charge in [0.15, 0.2) is 10.8 Å². The summed E-state index contributed by atoms with van der Waals surface area (Å²) in [6.07, 6.45) is 1.65. The molecule has 0 unspecified atom stereocenters. The molecule has 0 aliphatic rings. The number of nitro groups is 1. The van der Waals surface area contributed by atoms with Crippen molar-refractivity contribution in [2.45, 2.75) is 13.3 Å². The molecule has 0 saturated carbocycles. The van der Waals surface area contributed by atoms with Gasteiger partial charge in [-0.2, -0.15) is 0 Å². The summed E-state index contributed by atoms with van der Waals surface area (Å²) in [6.45, 7) is 1.60. The van der Waals surface area contributed by atoms with Crippen LogP contribution in [0.3, 0.4) is 0 Å². The molecule has 122 valence electrons. The number of carbonyl (C=O) groups excluding carboxylic acids is 1. The number of hydrogen-bond acceptors (Lipinski definition) is 6. The number of anilines is 1. The summed E-state index contributed by atoms with van der Waals surface area (Å²) < 4.78 is 5.27. The fourth-order valence-corrected chi connectivity index (χ4v) is 3.00. The Balaban J connectivity index is 1.70. The largest absolute Gasteiger partial charge is 0.462 e. The maximum atomic E-state index is 12.2. The number of hydrogen-bond donors (Lipinski definition) is 1. The van der Waals surface area contributed by atoms with E-state index in [2.05, 4.69) is 10.3 Å². The van der Waals surface area contributed by atoms with Crippen LogP contribution in [0.1, 0.15) is 11.3 Å². The lowest BCUT2D eigenvalue weighted by atomic mass is 10.1. The number of thiazole rings is 1. The van der Waals surface area contributed by atoms with Crippen LogP contribution in [0.5, 0.6) is 0 Å². The van der Waals surface area contributed by atoms with E-state index in [1.54, 1.807) is 42.8 Å². The molecule has 8 heteroatoms. The predicted molar refractivity (Wildman–Crippen MR) is 90.0 cm³/mol. The van der Waals surface area contributed by atoms with Gasteiger partial charge in [-0.25, -0.2) is 4.98 Å². The van der Waals surface area contributed by atoms with E-state index >= 15 is 0 Å². The lowest BCUT2D eigenvalue weighted by Gasteiger charge is -2.07. The Bertz CT molecular complexity index is 887. The van der Waals surface area contributed by atoms with E-state index < -0.39 is 4.92 Å². The highest BCUT2D eigenvalue weighted by atomic mass is 32.1. The van der Waals surface area contributed by atoms with Gasteiger partial charge in [0.25, 0.3) is 5.69 Å². The maximum absolute atomic E-state index is 12.2. The zero-order valence-electron chi connectivity index (χ0n) is 12.7. The number of rotatable bonds is 5. The monoisotopic (exact) mass is 343 g/mol. The first-order valence-electron chi connectivity index (χ1n) is 7.06. The topological polar surface area (TPSA) is 98.3 Å². The van der Waals surface area contributed by atoms with Crippen LogP contribution in [0.15, 0.2) is 46.4 Å². The summed E-state index contributed by atoms with van der Waals surface area (Å²) >= 11 is 1.39. The van der Waals surface area contributed by atoms with Crippen LogP contribution < -0.4 is 5.32 Å². The molecule has 0 atom stereocenters. The van der Waals surface area contributed by atoms with Gasteiger partial charge in [-0.05, 0) is 25.1 Å². The molecule has 2 aromatic heterocycles. The van der Waals surface area contributed by atoms with E-state index in [-0.39, 0.29) is 18.0 Å². The van der Waals surface area contributed by atoms with Gasteiger partial charge in [-0.1, -0.05) is 6.07 Å². The van der Waals surface area contributed by atoms with Crippen LogP contribution in [-0.2, 0) is 11.2 Å². The number of aromatic nitrogens is 1. The molecule has 2 heterocycles. The number of amides is 1. The van der Waals surface area contributed by atoms with Crippen molar-refractivity contribution < 1.29 is 14.1 Å². The first kappa shape index (κ1) is 15.9. The second-order valence-electron chi connectivity index (χ2n) is 5.05. The van der Waals surface area contributed by atoms with Crippen LogP contribution in [0.25, 0.3) is 10.8 Å². The predicted octanol–water partition coefficient (Wildman–Crippen LogP) is 3.80. The van der Waals surface area contributed by atoms with Crippen molar-refractivity contribution in [2.24, 2.45) is 0 Å². The van der Waals surface area contributed by atoms with Crippen molar-refractivity contribution in [1.82, 2.24) is 4.98 Å². The highest BCUT2D eigenvalue weighted by Crippen LogP contribution is 2.26. The van der Waals surface area contributed by atoms with Gasteiger partial charge >= 0.3 is 0 Å². The van der Waals surface area contributed by atoms with Crippen molar-refractivity contribution in [3.05, 3.63) is 63.3 Å². The normalized spacial score (nSPS) is 10.5. The number of benzene rings is 1. The zero-order valence-corrected chi connectivity index (χ0v) is 13.5. The van der Waals surface area contributed by atoms with Crippen LogP contribution in [0.4, 0.5) is 11.4 Å². The Morgan fingerprint density at radius 3 is 2.92 bits per heavy atom. The lowest BCUT2D eigenvalue weighted by molar-refractivity contribution is -0.385. The molecule has 7 nitrogen and oxygen atoms in total. The van der Waals surface area contributed by atoms with Crippen LogP contribution in [0.2, 0.25) is 0 Å². The lowest BCUT2D eigenvalue weighted by Crippen LogP contribution is -2.15. The minimum absolute atomic E-state index is 0.0263. The molecule has 0 fully saturated rings. The number of nitrogens with one attached hydrogen (secondary N) is 1. The summed E-state index contributed by atoms with van der Waals surface area (Å²) in [5.41, 5.74) is 1.44. The molecule has 24 heavy (non-hydrogen) atoms. The van der Waals surface area contributed by atoms with Gasteiger partial charge < -0.3 is 9.73 Å². The van der Waals surface area contributed by atoms with Gasteiger partial charge in [-0.3, -0.25) is 14.9 Å². The number of nitrogens with zero attached hydrogens (tertiary/aromatic N) is 2. The Labute approximate surface area is 141 Å². The van der Waals surface area contributed by atoms with E-state index in [0.717, 1.165) is 0 Å². The minimum Gasteiger partial charge on any atom is -0.462 e. The number of furan rings is 1. The molecule has 1 aromatic carbocycles. The molecular weight excluding hydrogens is 330 g/mol. The minimum atomic E-state index is -0.471. The van der Waals surface area contributed by atoms with Gasteiger partial charge in [0, 0.05) is 11.4 Å². The number of carbonyl (C=O) groups is 1. The second kappa shape index (κ2) is 6.63. The van der Waals surface area contributed by atoms with Crippen LogP contribution in [-0.4, -0.2) is 15.8 Å². The molecule has 0 saturated heterocycles. The fraction of sp³-hybridized carbons (Fsp3) is 0.125. The van der Waals surface area contributed by atoms with E-state index in [4.69, 9.17) is 4.42 Å². The smallest absolute Gasteiger partial charge is 0.274 e. The molecule has 0 aliphatic carbocycles. The molecule has 3 aromatic rings. The van der Waals surface area contributed by atoms with E-state index in [0.29, 0.717) is 27.7 Å². The Morgan fingerprint density at radius 2 is 2.21 bits per heavy atom. The highest BCUT2D eigenvalue weighted by Gasteiger charge is 2.16. The molecule has 1 amide bonds. The van der Waals surface area contributed by atoms with Gasteiger partial charge in [0.05, 0.1) is 34.6 Å². The van der Waals surface area contributed by atoms with Crippen molar-refractivity contribution in [3.8, 4) is 10.8 Å². The molecule has 1 N–H and O–H groups in total. The Hall–Kier alpha value is -3.00. The SMILES string of the molecule is Cc1c(NC(=O)Cc2csc(-c3ccco3)n2)cccc1[N+](=O)[O-]. The third kappa shape index (κ3) is 3.33. The average molecular weight is 343 g/mol. The Morgan fingerprint density at radius 1 is 1.38 bits per heavy atom. The summed E-state index contributed by atoms with van der Waals surface area (Å²) in [5, 5.41) is 16.1. The fourth-order valence-electron chi connectivity index (χ4n) is 2.22. The summed E-state index contributed by atoms with van der Waals surface area (Å²) in [5.74, 6) is 0.371. The van der Waals surface area contributed by atoms with Crippen molar-refractivity contribution in [3.63, 3.8) is 0 Å². The first-order valence-corrected chi connectivity index (χ1v) is 7.94. The highest BCUT2D eigenvalue weighted by molar-refractivity contribution is 7.13. The van der Waals surface area contributed by atoms with Crippen molar-refractivity contribution in [1.29, 1.82) is 0 Å². The quantitative estimate of drug-likeness (QED) is 0.561. The second-order valence-corrected chi connectivity index (χ2v) is 5.91. The van der Waals surface area contributed by atoms with E-state index in [9.17, 15) is 14.9 Å². The van der Waals surface area contributed by atoms with E-state index in [1.165, 1.54) is 17.4 Å². The molecule has 0 bridgehead atoms. The summed E-state index contributed by atoms with van der Waals surface area (Å²) in [6, 6.07) is 8.15. The first-order chi connectivity index (χ1) is 11.5. The Kier molecular flexibility index (Phi) is 4.39. The van der Waals surface area contributed by atoms with Gasteiger partial charge in [0.1, 0.15) is 0 Å². The standard InChI is InChI=1S/C16H13N3O4S/c1-10-12(4-2-5-13(10)19(21)22)18-15(20)8-11-9-24-16(17-11)14-6-3-7-23-14/h2-7,9H,8H2,1H3,(H,18,20). The summed E-state index contributed by atoms with van der Waals surface area (Å²) in [4.78, 5) is 27.0. The van der Waals surface area contributed by atoms with Crippen LogP contribution in [0, 0.1) is 17.0 Å². The van der Waals surface area contributed by atoms with Crippen molar-refractivity contribution >= 4 is 28.6 Å². The zero-order chi connectivity index (χ0) is 17.1. The third-order valence-electron chi connectivity index (χ3n) is 3.40. The van der Waals surface area contributed by atoms with Crippen molar-refractivity contribution in [2.75, 3.05) is 5.32 Å². The molecule has 3 rings (SSSR count). The average Bonchev–Trinajstić information content (AvgIpc) is 3.20. The van der Waals surface area contributed by atoms with Gasteiger partial charge in [-0.15, -0.1) is 11.3 Å². The maximum Gasteiger partial charge on any atom is 0.274 e. The third-order valence-corrected chi connectivity index (χ3v) is 4.31. The van der Waals surface area contributed by atoms with E-state index in [1.807, 2.05) is 0 Å². The molecule has 0 spiro atoms. The molecule has 0 radical (unpaired) electrons. The number of nitro benzene ring substituents is 1. The van der Waals surface area contributed by atoms with Gasteiger partial charge in [0.2, 0.25) is 5.91 Å². The molecule has 0 aliphatic heterocycles. The van der Waals surface area contributed by atoms with Crippen LogP contribution >= 0.6 is 11.3 Å². The summed E-state index contributed by atoms with van der Waals surface area (Å²) in [7, 11) is 0.